The van der Waals surface area contributed by atoms with Crippen LogP contribution in [0.3, 0.4) is 0 Å². The lowest BCUT2D eigenvalue weighted by atomic mass is 9.78. The summed E-state index contributed by atoms with van der Waals surface area (Å²) < 4.78 is 0. The Kier molecular flexibility index (Phi) is 3.73. The van der Waals surface area contributed by atoms with Gasteiger partial charge in [-0.3, -0.25) is 9.59 Å². The third-order valence-corrected chi connectivity index (χ3v) is 3.79. The Balaban J connectivity index is 2.40. The minimum absolute atomic E-state index is 0.00264. The molecule has 4 radical (unpaired) electrons. The number of ketones is 2. The van der Waals surface area contributed by atoms with Crippen molar-refractivity contribution in [2.24, 2.45) is 0 Å². The number of hydrogen-bond acceptors (Lipinski definition) is 6. The molecule has 6 heteroatoms. The van der Waals surface area contributed by atoms with Crippen LogP contribution in [0, 0.1) is 23.7 Å². The molecule has 2 aromatic rings. The van der Waals surface area contributed by atoms with Gasteiger partial charge in [-0.2, -0.15) is 0 Å². The van der Waals surface area contributed by atoms with E-state index in [2.05, 4.69) is 12.4 Å². The molecule has 0 amide bonds. The Morgan fingerprint density at radius 2 is 1.08 bits per heavy atom. The van der Waals surface area contributed by atoms with Gasteiger partial charge in [0.05, 0.1) is 23.6 Å². The van der Waals surface area contributed by atoms with Crippen molar-refractivity contribution in [3.8, 4) is 11.5 Å². The van der Waals surface area contributed by atoms with Crippen molar-refractivity contribution in [1.82, 2.24) is 0 Å². The number of phenolic OH excluding ortho intramolecular Hbond substituents is 2. The average molecular weight is 318 g/mol. The van der Waals surface area contributed by atoms with Crippen LogP contribution >= 0.6 is 0 Å². The summed E-state index contributed by atoms with van der Waals surface area (Å²) in [7, 11) is 0. The third kappa shape index (κ3) is 2.11. The lowest BCUT2D eigenvalue weighted by Gasteiger charge is -2.23. The molecule has 0 bridgehead atoms. The molecule has 0 atom stereocenters. The summed E-state index contributed by atoms with van der Waals surface area (Å²) in [4.78, 5) is 25.7. The quantitative estimate of drug-likeness (QED) is 0.434. The standard InChI is InChI=1S/C18H10N2O4/c19-7-5-9-1-2-10(6-8-20)14-13(9)17(23)15-11(21)3-4-12(22)16(15)18(14)24/h1-6,19-22H. The topological polar surface area (TPSA) is 122 Å². The van der Waals surface area contributed by atoms with Crippen LogP contribution in [0.5, 0.6) is 11.5 Å². The fraction of sp³-hybridized carbons (Fsp3) is 0. The smallest absolute Gasteiger partial charge is 0.198 e. The van der Waals surface area contributed by atoms with Crippen molar-refractivity contribution in [3.63, 3.8) is 0 Å². The molecule has 0 aliphatic heterocycles. The Bertz CT molecular complexity index is 842. The van der Waals surface area contributed by atoms with Crippen molar-refractivity contribution in [2.45, 2.75) is 0 Å². The van der Waals surface area contributed by atoms with Crippen molar-refractivity contribution < 1.29 is 19.8 Å². The Morgan fingerprint density at radius 1 is 0.708 bits per heavy atom. The molecule has 6 nitrogen and oxygen atoms in total. The van der Waals surface area contributed by atoms with E-state index in [1.165, 1.54) is 25.0 Å². The Morgan fingerprint density at radius 3 is 1.42 bits per heavy atom. The molecule has 4 N–H and O–H groups in total. The van der Waals surface area contributed by atoms with E-state index in [0.29, 0.717) is 0 Å². The number of nitrogens with one attached hydrogen (secondary N) is 2. The van der Waals surface area contributed by atoms with Crippen LogP contribution in [0.25, 0.3) is 0 Å². The number of benzene rings is 2. The van der Waals surface area contributed by atoms with Gasteiger partial charge >= 0.3 is 0 Å². The first-order valence-corrected chi connectivity index (χ1v) is 6.83. The first-order valence-electron chi connectivity index (χ1n) is 6.83. The molecule has 2 aromatic carbocycles. The SMILES string of the molecule is N=[C][CH]c1ccc([CH][C]=N)c2c1C(=O)c1c(O)ccc(O)c1C2=O. The molecule has 0 fully saturated rings. The lowest BCUT2D eigenvalue weighted by molar-refractivity contribution is 0.0973. The number of carbonyl (C=O) groups is 2. The Labute approximate surface area is 137 Å². The number of phenols is 2. The van der Waals surface area contributed by atoms with Gasteiger partial charge in [-0.25, -0.2) is 0 Å². The summed E-state index contributed by atoms with van der Waals surface area (Å²) in [5.74, 6) is -2.11. The van der Waals surface area contributed by atoms with Crippen LogP contribution < -0.4 is 0 Å². The first kappa shape index (κ1) is 15.6. The van der Waals surface area contributed by atoms with Gasteiger partial charge in [0.25, 0.3) is 0 Å². The summed E-state index contributed by atoms with van der Waals surface area (Å²) in [6.45, 7) is 0. The summed E-state index contributed by atoms with van der Waals surface area (Å²) in [6.07, 6.45) is 6.57. The molecule has 1 aliphatic carbocycles. The fourth-order valence-corrected chi connectivity index (χ4v) is 2.81. The second-order valence-corrected chi connectivity index (χ2v) is 5.08. The normalized spacial score (nSPS) is 12.5. The van der Waals surface area contributed by atoms with Crippen LogP contribution in [0.2, 0.25) is 0 Å². The minimum atomic E-state index is -0.644. The zero-order chi connectivity index (χ0) is 17.4. The molecular formula is C18H10N2O4. The van der Waals surface area contributed by atoms with E-state index >= 15 is 0 Å². The first-order chi connectivity index (χ1) is 11.5. The van der Waals surface area contributed by atoms with E-state index < -0.39 is 23.1 Å². The van der Waals surface area contributed by atoms with E-state index in [4.69, 9.17) is 10.8 Å². The maximum Gasteiger partial charge on any atom is 0.198 e. The van der Waals surface area contributed by atoms with Gasteiger partial charge in [0, 0.05) is 24.0 Å². The van der Waals surface area contributed by atoms with E-state index in [9.17, 15) is 19.8 Å². The minimum Gasteiger partial charge on any atom is -0.507 e. The third-order valence-electron chi connectivity index (χ3n) is 3.79. The van der Waals surface area contributed by atoms with Gasteiger partial charge < -0.3 is 21.0 Å². The number of carbonyl (C=O) groups excluding carboxylic acids is 2. The summed E-state index contributed by atoms with van der Waals surface area (Å²) in [6, 6.07) is 5.30. The molecule has 0 heterocycles. The molecular weight excluding hydrogens is 308 g/mol. The van der Waals surface area contributed by atoms with E-state index in [1.54, 1.807) is 0 Å². The van der Waals surface area contributed by atoms with Gasteiger partial charge in [-0.05, 0) is 23.3 Å². The van der Waals surface area contributed by atoms with Crippen molar-refractivity contribution >= 4 is 24.0 Å². The van der Waals surface area contributed by atoms with Crippen LogP contribution in [0.1, 0.15) is 43.0 Å². The predicted molar refractivity (Wildman–Crippen MR) is 85.3 cm³/mol. The summed E-state index contributed by atoms with van der Waals surface area (Å²) in [5, 5.41) is 34.2. The van der Waals surface area contributed by atoms with Gasteiger partial charge in [-0.1, -0.05) is 12.1 Å². The van der Waals surface area contributed by atoms with E-state index in [1.807, 2.05) is 0 Å². The van der Waals surface area contributed by atoms with Crippen molar-refractivity contribution in [1.29, 1.82) is 10.8 Å². The molecule has 0 saturated heterocycles. The highest BCUT2D eigenvalue weighted by atomic mass is 16.3. The zero-order valence-electron chi connectivity index (χ0n) is 12.2. The highest BCUT2D eigenvalue weighted by Crippen LogP contribution is 2.40. The van der Waals surface area contributed by atoms with E-state index in [-0.39, 0.29) is 33.4 Å². The number of rotatable bonds is 4. The molecule has 24 heavy (non-hydrogen) atoms. The van der Waals surface area contributed by atoms with Crippen LogP contribution in [0.4, 0.5) is 0 Å². The van der Waals surface area contributed by atoms with E-state index in [0.717, 1.165) is 12.1 Å². The fourth-order valence-electron chi connectivity index (χ4n) is 2.81. The van der Waals surface area contributed by atoms with Gasteiger partial charge in [0.2, 0.25) is 0 Å². The highest BCUT2D eigenvalue weighted by Gasteiger charge is 2.37. The number of aromatic hydroxyl groups is 2. The molecule has 0 saturated carbocycles. The molecule has 3 rings (SSSR count). The van der Waals surface area contributed by atoms with Crippen LogP contribution in [0.15, 0.2) is 24.3 Å². The summed E-state index contributed by atoms with van der Waals surface area (Å²) >= 11 is 0. The second-order valence-electron chi connectivity index (χ2n) is 5.08. The summed E-state index contributed by atoms with van der Waals surface area (Å²) in [5.41, 5.74) is 0.0169. The van der Waals surface area contributed by atoms with Crippen LogP contribution in [-0.4, -0.2) is 34.2 Å². The molecule has 0 unspecified atom stereocenters. The van der Waals surface area contributed by atoms with Gasteiger partial charge in [0.1, 0.15) is 11.5 Å². The monoisotopic (exact) mass is 318 g/mol. The molecule has 116 valence electrons. The Hall–Kier alpha value is -3.28. The zero-order valence-corrected chi connectivity index (χ0v) is 12.2. The maximum atomic E-state index is 12.9. The van der Waals surface area contributed by atoms with Gasteiger partial charge in [0.15, 0.2) is 11.6 Å². The van der Waals surface area contributed by atoms with Crippen molar-refractivity contribution in [3.05, 3.63) is 70.5 Å². The number of fused-ring (bicyclic) bond motifs is 2. The lowest BCUT2D eigenvalue weighted by Crippen LogP contribution is -2.24. The molecule has 0 aromatic heterocycles. The van der Waals surface area contributed by atoms with Crippen molar-refractivity contribution in [2.75, 3.05) is 0 Å². The average Bonchev–Trinajstić information content (AvgIpc) is 2.56. The number of hydrogen-bond donors (Lipinski definition) is 4. The van der Waals surface area contributed by atoms with Gasteiger partial charge in [-0.15, -0.1) is 0 Å². The van der Waals surface area contributed by atoms with Crippen LogP contribution in [-0.2, 0) is 0 Å². The maximum absolute atomic E-state index is 12.9. The predicted octanol–water partition coefficient (Wildman–Crippen LogP) is 2.03. The molecule has 1 aliphatic rings. The molecule has 0 spiro atoms. The largest absolute Gasteiger partial charge is 0.507 e. The highest BCUT2D eigenvalue weighted by molar-refractivity contribution is 6.31. The second kappa shape index (κ2) is 5.73.